The van der Waals surface area contributed by atoms with E-state index in [4.69, 9.17) is 5.11 Å². The molecule has 0 saturated carbocycles. The molecule has 0 aromatic carbocycles. The Morgan fingerprint density at radius 1 is 1.41 bits per heavy atom. The number of carbonyl (C=O) groups is 2. The molecular formula is C13H21NO3. The average molecular weight is 239 g/mol. The van der Waals surface area contributed by atoms with Crippen molar-refractivity contribution in [3.05, 3.63) is 11.6 Å². The molecule has 0 aromatic heterocycles. The molecule has 1 aliphatic rings. The zero-order valence-corrected chi connectivity index (χ0v) is 10.4. The summed E-state index contributed by atoms with van der Waals surface area (Å²) in [5.41, 5.74) is 1.22. The Hall–Kier alpha value is -1.32. The first-order valence-corrected chi connectivity index (χ1v) is 6.31. The molecule has 4 nitrogen and oxygen atoms in total. The molecule has 0 fully saturated rings. The molecule has 0 spiro atoms. The first-order valence-electron chi connectivity index (χ1n) is 6.31. The second-order valence-corrected chi connectivity index (χ2v) is 4.40. The van der Waals surface area contributed by atoms with Crippen molar-refractivity contribution in [1.29, 1.82) is 0 Å². The van der Waals surface area contributed by atoms with Gasteiger partial charge >= 0.3 is 5.97 Å². The second-order valence-electron chi connectivity index (χ2n) is 4.40. The van der Waals surface area contributed by atoms with Crippen molar-refractivity contribution in [3.8, 4) is 0 Å². The maximum Gasteiger partial charge on any atom is 0.305 e. The average Bonchev–Trinajstić information content (AvgIpc) is 2.30. The highest BCUT2D eigenvalue weighted by molar-refractivity contribution is 5.79. The van der Waals surface area contributed by atoms with Crippen molar-refractivity contribution in [2.75, 3.05) is 13.1 Å². The molecule has 0 heterocycles. The number of hydrogen-bond donors (Lipinski definition) is 1. The first-order chi connectivity index (χ1) is 8.13. The van der Waals surface area contributed by atoms with Crippen LogP contribution in [0.2, 0.25) is 0 Å². The number of aliphatic carboxylic acids is 1. The molecule has 1 rings (SSSR count). The van der Waals surface area contributed by atoms with Gasteiger partial charge in [0.15, 0.2) is 0 Å². The molecular weight excluding hydrogens is 218 g/mol. The molecule has 0 aliphatic heterocycles. The minimum atomic E-state index is -0.854. The molecule has 0 bridgehead atoms. The quantitative estimate of drug-likeness (QED) is 0.723. The fourth-order valence-electron chi connectivity index (χ4n) is 2.06. The molecule has 1 N–H and O–H groups in total. The summed E-state index contributed by atoms with van der Waals surface area (Å²) in [4.78, 5) is 24.1. The normalized spacial score (nSPS) is 15.2. The van der Waals surface area contributed by atoms with Gasteiger partial charge in [-0.25, -0.2) is 0 Å². The largest absolute Gasteiger partial charge is 0.481 e. The SMILES string of the molecule is CCN(CCC(=O)O)C(=O)CC1=CCCCC1. The van der Waals surface area contributed by atoms with Gasteiger partial charge in [-0.3, -0.25) is 9.59 Å². The van der Waals surface area contributed by atoms with Gasteiger partial charge in [-0.05, 0) is 32.6 Å². The predicted molar refractivity (Wildman–Crippen MR) is 65.7 cm³/mol. The lowest BCUT2D eigenvalue weighted by Crippen LogP contribution is -2.33. The third-order valence-electron chi connectivity index (χ3n) is 3.09. The third kappa shape index (κ3) is 5.02. The van der Waals surface area contributed by atoms with Gasteiger partial charge in [-0.15, -0.1) is 0 Å². The van der Waals surface area contributed by atoms with Gasteiger partial charge in [-0.2, -0.15) is 0 Å². The van der Waals surface area contributed by atoms with E-state index in [1.807, 2.05) is 6.92 Å². The Balaban J connectivity index is 2.42. The summed E-state index contributed by atoms with van der Waals surface area (Å²) in [6, 6.07) is 0. The fraction of sp³-hybridized carbons (Fsp3) is 0.692. The molecule has 4 heteroatoms. The minimum absolute atomic E-state index is 0.0264. The molecule has 1 amide bonds. The smallest absolute Gasteiger partial charge is 0.305 e. The van der Waals surface area contributed by atoms with Crippen molar-refractivity contribution in [1.82, 2.24) is 4.90 Å². The van der Waals surface area contributed by atoms with E-state index in [1.54, 1.807) is 4.90 Å². The van der Waals surface area contributed by atoms with E-state index in [2.05, 4.69) is 6.08 Å². The van der Waals surface area contributed by atoms with Crippen molar-refractivity contribution in [2.24, 2.45) is 0 Å². The number of allylic oxidation sites excluding steroid dienone is 1. The fourth-order valence-corrected chi connectivity index (χ4v) is 2.06. The van der Waals surface area contributed by atoms with E-state index in [9.17, 15) is 9.59 Å². The topological polar surface area (TPSA) is 57.6 Å². The number of carboxylic acid groups (broad SMARTS) is 1. The number of nitrogens with zero attached hydrogens (tertiary/aromatic N) is 1. The van der Waals surface area contributed by atoms with E-state index in [0.29, 0.717) is 19.5 Å². The maximum atomic E-state index is 11.9. The van der Waals surface area contributed by atoms with Gasteiger partial charge in [-0.1, -0.05) is 11.6 Å². The van der Waals surface area contributed by atoms with Crippen molar-refractivity contribution in [2.45, 2.75) is 45.4 Å². The highest BCUT2D eigenvalue weighted by atomic mass is 16.4. The summed E-state index contributed by atoms with van der Waals surface area (Å²) in [6.45, 7) is 2.78. The standard InChI is InChI=1S/C13H21NO3/c1-2-14(9-8-13(16)17)12(15)10-11-6-4-3-5-7-11/h6H,2-5,7-10H2,1H3,(H,16,17). The predicted octanol–water partition coefficient (Wildman–Crippen LogP) is 2.20. The Morgan fingerprint density at radius 2 is 2.18 bits per heavy atom. The Kier molecular flexibility index (Phi) is 5.73. The number of hydrogen-bond acceptors (Lipinski definition) is 2. The van der Waals surface area contributed by atoms with Gasteiger partial charge in [0.1, 0.15) is 0 Å². The molecule has 0 radical (unpaired) electrons. The number of amides is 1. The van der Waals surface area contributed by atoms with E-state index in [-0.39, 0.29) is 12.3 Å². The first kappa shape index (κ1) is 13.7. The summed E-state index contributed by atoms with van der Waals surface area (Å²) in [7, 11) is 0. The zero-order chi connectivity index (χ0) is 12.7. The van der Waals surface area contributed by atoms with Crippen LogP contribution in [0.15, 0.2) is 11.6 Å². The summed E-state index contributed by atoms with van der Waals surface area (Å²) < 4.78 is 0. The lowest BCUT2D eigenvalue weighted by atomic mass is 9.97. The van der Waals surface area contributed by atoms with Gasteiger partial charge in [0.25, 0.3) is 0 Å². The van der Waals surface area contributed by atoms with Crippen LogP contribution in [0.1, 0.15) is 45.4 Å². The van der Waals surface area contributed by atoms with Crippen LogP contribution in [-0.4, -0.2) is 35.0 Å². The summed E-state index contributed by atoms with van der Waals surface area (Å²) in [5, 5.41) is 8.61. The van der Waals surface area contributed by atoms with Crippen LogP contribution in [0.3, 0.4) is 0 Å². The van der Waals surface area contributed by atoms with E-state index in [1.165, 1.54) is 18.4 Å². The van der Waals surface area contributed by atoms with Crippen LogP contribution in [0.4, 0.5) is 0 Å². The highest BCUT2D eigenvalue weighted by Crippen LogP contribution is 2.20. The van der Waals surface area contributed by atoms with Crippen LogP contribution in [-0.2, 0) is 9.59 Å². The van der Waals surface area contributed by atoms with E-state index < -0.39 is 5.97 Å². The summed E-state index contributed by atoms with van der Waals surface area (Å²) in [5.74, 6) is -0.796. The number of rotatable bonds is 6. The third-order valence-corrected chi connectivity index (χ3v) is 3.09. The van der Waals surface area contributed by atoms with E-state index in [0.717, 1.165) is 12.8 Å². The second kappa shape index (κ2) is 7.09. The number of carbonyl (C=O) groups excluding carboxylic acids is 1. The highest BCUT2D eigenvalue weighted by Gasteiger charge is 2.15. The van der Waals surface area contributed by atoms with E-state index >= 15 is 0 Å². The van der Waals surface area contributed by atoms with Crippen LogP contribution in [0.25, 0.3) is 0 Å². The molecule has 0 saturated heterocycles. The van der Waals surface area contributed by atoms with Crippen LogP contribution >= 0.6 is 0 Å². The number of carboxylic acids is 1. The Labute approximate surface area is 102 Å². The lowest BCUT2D eigenvalue weighted by molar-refractivity contribution is -0.138. The van der Waals surface area contributed by atoms with Gasteiger partial charge in [0.05, 0.1) is 6.42 Å². The van der Waals surface area contributed by atoms with Crippen molar-refractivity contribution in [3.63, 3.8) is 0 Å². The van der Waals surface area contributed by atoms with Crippen LogP contribution in [0, 0.1) is 0 Å². The monoisotopic (exact) mass is 239 g/mol. The Bertz CT molecular complexity index is 310. The molecule has 17 heavy (non-hydrogen) atoms. The minimum Gasteiger partial charge on any atom is -0.481 e. The van der Waals surface area contributed by atoms with Crippen LogP contribution < -0.4 is 0 Å². The Morgan fingerprint density at radius 3 is 2.71 bits per heavy atom. The maximum absolute atomic E-state index is 11.9. The summed E-state index contributed by atoms with van der Waals surface area (Å²) in [6.07, 6.45) is 7.12. The summed E-state index contributed by atoms with van der Waals surface area (Å²) >= 11 is 0. The molecule has 1 aliphatic carbocycles. The molecule has 0 atom stereocenters. The molecule has 0 unspecified atom stereocenters. The van der Waals surface area contributed by atoms with Gasteiger partial charge in [0.2, 0.25) is 5.91 Å². The van der Waals surface area contributed by atoms with Gasteiger partial charge in [0, 0.05) is 19.5 Å². The van der Waals surface area contributed by atoms with Crippen LogP contribution in [0.5, 0.6) is 0 Å². The van der Waals surface area contributed by atoms with Crippen molar-refractivity contribution >= 4 is 11.9 Å². The zero-order valence-electron chi connectivity index (χ0n) is 10.4. The lowest BCUT2D eigenvalue weighted by Gasteiger charge is -2.21. The molecule has 96 valence electrons. The van der Waals surface area contributed by atoms with Crippen molar-refractivity contribution < 1.29 is 14.7 Å². The molecule has 0 aromatic rings. The van der Waals surface area contributed by atoms with Gasteiger partial charge < -0.3 is 10.0 Å².